The molecule has 6 nitrogen and oxygen atoms in total. The number of hydrogen-bond acceptors (Lipinski definition) is 6. The number of rotatable bonds is 7. The van der Waals surface area contributed by atoms with Crippen LogP contribution >= 0.6 is 23.7 Å². The van der Waals surface area contributed by atoms with E-state index in [0.29, 0.717) is 23.2 Å². The molecule has 0 unspecified atom stereocenters. The number of furan rings is 1. The summed E-state index contributed by atoms with van der Waals surface area (Å²) >= 11 is 1.50. The van der Waals surface area contributed by atoms with Crippen LogP contribution in [0, 0.1) is 6.92 Å². The first-order valence-corrected chi connectivity index (χ1v) is 9.27. The first kappa shape index (κ1) is 21.2. The van der Waals surface area contributed by atoms with E-state index in [2.05, 4.69) is 4.90 Å². The summed E-state index contributed by atoms with van der Waals surface area (Å²) in [4.78, 5) is 21.5. The van der Waals surface area contributed by atoms with E-state index < -0.39 is 0 Å². The maximum absolute atomic E-state index is 13.0. The van der Waals surface area contributed by atoms with Gasteiger partial charge in [0.2, 0.25) is 0 Å². The molecule has 0 bridgehead atoms. The third-order valence-electron chi connectivity index (χ3n) is 4.11. The molecule has 3 rings (SSSR count). The number of thiazole rings is 1. The SMILES string of the molecule is COc1ccc(C)c2sc(N(CCCN(C)C)C(=O)c3ccco3)nc12.Cl. The average Bonchev–Trinajstić information content (AvgIpc) is 3.28. The molecular weight excluding hydrogens is 386 g/mol. The summed E-state index contributed by atoms with van der Waals surface area (Å²) in [5.41, 5.74) is 1.90. The van der Waals surface area contributed by atoms with Gasteiger partial charge in [0.15, 0.2) is 10.9 Å². The molecule has 0 aliphatic heterocycles. The third kappa shape index (κ3) is 4.61. The van der Waals surface area contributed by atoms with Gasteiger partial charge in [-0.2, -0.15) is 0 Å². The van der Waals surface area contributed by atoms with Crippen molar-refractivity contribution in [2.24, 2.45) is 0 Å². The van der Waals surface area contributed by atoms with Crippen LogP contribution in [0.15, 0.2) is 34.9 Å². The Kier molecular flexibility index (Phi) is 7.24. The lowest BCUT2D eigenvalue weighted by molar-refractivity contribution is 0.0959. The van der Waals surface area contributed by atoms with Crippen molar-refractivity contribution in [3.8, 4) is 5.75 Å². The second-order valence-electron chi connectivity index (χ2n) is 6.35. The van der Waals surface area contributed by atoms with Gasteiger partial charge in [0.1, 0.15) is 11.3 Å². The summed E-state index contributed by atoms with van der Waals surface area (Å²) in [6.07, 6.45) is 2.35. The number of ether oxygens (including phenoxy) is 1. The lowest BCUT2D eigenvalue weighted by Crippen LogP contribution is -2.33. The Labute approximate surface area is 169 Å². The summed E-state index contributed by atoms with van der Waals surface area (Å²) in [5, 5.41) is 0.660. The van der Waals surface area contributed by atoms with Gasteiger partial charge < -0.3 is 14.1 Å². The van der Waals surface area contributed by atoms with Crippen molar-refractivity contribution in [2.45, 2.75) is 13.3 Å². The number of halogens is 1. The number of anilines is 1. The molecule has 2 heterocycles. The molecule has 0 radical (unpaired) electrons. The van der Waals surface area contributed by atoms with Crippen molar-refractivity contribution < 1.29 is 13.9 Å². The highest BCUT2D eigenvalue weighted by Crippen LogP contribution is 2.36. The van der Waals surface area contributed by atoms with Crippen molar-refractivity contribution in [1.82, 2.24) is 9.88 Å². The fraction of sp³-hybridized carbons (Fsp3) is 0.368. The summed E-state index contributed by atoms with van der Waals surface area (Å²) < 4.78 is 11.8. The van der Waals surface area contributed by atoms with Crippen LogP contribution in [0.1, 0.15) is 22.5 Å². The number of nitrogens with zero attached hydrogens (tertiary/aromatic N) is 3. The minimum Gasteiger partial charge on any atom is -0.494 e. The molecule has 0 atom stereocenters. The van der Waals surface area contributed by atoms with Crippen molar-refractivity contribution in [2.75, 3.05) is 39.2 Å². The van der Waals surface area contributed by atoms with Crippen LogP contribution < -0.4 is 9.64 Å². The van der Waals surface area contributed by atoms with Gasteiger partial charge in [-0.1, -0.05) is 17.4 Å². The first-order chi connectivity index (χ1) is 12.5. The highest BCUT2D eigenvalue weighted by atomic mass is 35.5. The number of benzene rings is 1. The molecule has 0 aliphatic rings. The number of fused-ring (bicyclic) bond motifs is 1. The summed E-state index contributed by atoms with van der Waals surface area (Å²) in [5.74, 6) is 0.856. The molecule has 0 saturated heterocycles. The molecule has 0 aliphatic carbocycles. The monoisotopic (exact) mass is 409 g/mol. The van der Waals surface area contributed by atoms with E-state index in [9.17, 15) is 4.79 Å². The van der Waals surface area contributed by atoms with E-state index in [1.807, 2.05) is 33.2 Å². The van der Waals surface area contributed by atoms with Crippen LogP contribution in [0.5, 0.6) is 5.75 Å². The molecule has 3 aromatic rings. The van der Waals surface area contributed by atoms with E-state index in [1.165, 1.54) is 17.6 Å². The molecule has 0 fully saturated rings. The zero-order chi connectivity index (χ0) is 18.7. The second-order valence-corrected chi connectivity index (χ2v) is 7.33. The number of methoxy groups -OCH3 is 1. The van der Waals surface area contributed by atoms with Crippen molar-refractivity contribution in [3.05, 3.63) is 41.9 Å². The number of carbonyl (C=O) groups excluding carboxylic acids is 1. The lowest BCUT2D eigenvalue weighted by atomic mass is 10.2. The topological polar surface area (TPSA) is 58.8 Å². The highest BCUT2D eigenvalue weighted by Gasteiger charge is 2.24. The molecule has 0 saturated carbocycles. The zero-order valence-corrected chi connectivity index (χ0v) is 17.5. The maximum atomic E-state index is 13.0. The normalized spacial score (nSPS) is 10.9. The highest BCUT2D eigenvalue weighted by molar-refractivity contribution is 7.22. The van der Waals surface area contributed by atoms with E-state index in [-0.39, 0.29) is 18.3 Å². The third-order valence-corrected chi connectivity index (χ3v) is 5.32. The van der Waals surface area contributed by atoms with Crippen LogP contribution in [0.4, 0.5) is 5.13 Å². The maximum Gasteiger partial charge on any atom is 0.295 e. The molecule has 0 spiro atoms. The molecule has 1 aromatic carbocycles. The molecule has 8 heteroatoms. The van der Waals surface area contributed by atoms with E-state index in [1.54, 1.807) is 24.1 Å². The molecule has 0 N–H and O–H groups in total. The molecule has 146 valence electrons. The molecule has 1 amide bonds. The Morgan fingerprint density at radius 1 is 1.26 bits per heavy atom. The fourth-order valence-corrected chi connectivity index (χ4v) is 3.82. The van der Waals surface area contributed by atoms with Crippen molar-refractivity contribution in [3.63, 3.8) is 0 Å². The predicted octanol–water partition coefficient (Wildman–Crippen LogP) is 4.23. The van der Waals surface area contributed by atoms with Gasteiger partial charge in [0, 0.05) is 6.54 Å². The van der Waals surface area contributed by atoms with E-state index in [0.717, 1.165) is 28.7 Å². The minimum absolute atomic E-state index is 0. The van der Waals surface area contributed by atoms with E-state index >= 15 is 0 Å². The van der Waals surface area contributed by atoms with Crippen molar-refractivity contribution in [1.29, 1.82) is 0 Å². The summed E-state index contributed by atoms with van der Waals surface area (Å²) in [7, 11) is 5.67. The average molecular weight is 410 g/mol. The van der Waals surface area contributed by atoms with Crippen LogP contribution in [-0.4, -0.2) is 50.1 Å². The summed E-state index contributed by atoms with van der Waals surface area (Å²) in [6.45, 7) is 3.49. The van der Waals surface area contributed by atoms with Gasteiger partial charge in [-0.05, 0) is 57.7 Å². The predicted molar refractivity (Wildman–Crippen MR) is 112 cm³/mol. The number of amides is 1. The van der Waals surface area contributed by atoms with Crippen LogP contribution in [0.25, 0.3) is 10.2 Å². The molecule has 2 aromatic heterocycles. The second kappa shape index (κ2) is 9.21. The number of aromatic nitrogens is 1. The Morgan fingerprint density at radius 2 is 2.04 bits per heavy atom. The number of aryl methyl sites for hydroxylation is 1. The van der Waals surface area contributed by atoms with Crippen LogP contribution in [0.3, 0.4) is 0 Å². The lowest BCUT2D eigenvalue weighted by Gasteiger charge is -2.19. The van der Waals surface area contributed by atoms with Gasteiger partial charge in [-0.25, -0.2) is 4.98 Å². The van der Waals surface area contributed by atoms with Gasteiger partial charge in [-0.15, -0.1) is 12.4 Å². The van der Waals surface area contributed by atoms with E-state index in [4.69, 9.17) is 14.1 Å². The van der Waals surface area contributed by atoms with Gasteiger partial charge in [0.05, 0.1) is 18.1 Å². The number of hydrogen-bond donors (Lipinski definition) is 0. The van der Waals surface area contributed by atoms with Crippen LogP contribution in [0.2, 0.25) is 0 Å². The minimum atomic E-state index is -0.176. The first-order valence-electron chi connectivity index (χ1n) is 8.45. The molecule has 27 heavy (non-hydrogen) atoms. The smallest absolute Gasteiger partial charge is 0.295 e. The quantitative estimate of drug-likeness (QED) is 0.584. The summed E-state index contributed by atoms with van der Waals surface area (Å²) in [6, 6.07) is 7.32. The van der Waals surface area contributed by atoms with Gasteiger partial charge in [0.25, 0.3) is 5.91 Å². The standard InChI is InChI=1S/C19H23N3O3S.ClH/c1-13-8-9-14(24-4)16-17(13)26-19(20-16)22(11-6-10-21(2)3)18(23)15-7-5-12-25-15;/h5,7-9,12H,6,10-11H2,1-4H3;1H. The Hall–Kier alpha value is -2.09. The Morgan fingerprint density at radius 3 is 2.67 bits per heavy atom. The van der Waals surface area contributed by atoms with Gasteiger partial charge in [-0.3, -0.25) is 9.69 Å². The Bertz CT molecular complexity index is 893. The fourth-order valence-electron chi connectivity index (χ4n) is 2.74. The zero-order valence-electron chi connectivity index (χ0n) is 15.9. The van der Waals surface area contributed by atoms with Gasteiger partial charge >= 0.3 is 0 Å². The van der Waals surface area contributed by atoms with Crippen molar-refractivity contribution >= 4 is 45.0 Å². The Balaban J connectivity index is 0.00000261. The number of carbonyl (C=O) groups is 1. The molecular formula is C19H24ClN3O3S. The largest absolute Gasteiger partial charge is 0.494 e. The van der Waals surface area contributed by atoms with Crippen LogP contribution in [-0.2, 0) is 0 Å².